The molecular formula is C13H11ClN4S. The van der Waals surface area contributed by atoms with Crippen LogP contribution in [0.3, 0.4) is 0 Å². The van der Waals surface area contributed by atoms with E-state index in [1.807, 2.05) is 18.2 Å². The smallest absolute Gasteiger partial charge is 0.223 e. The Hall–Kier alpha value is -1.72. The zero-order chi connectivity index (χ0) is 13.2. The number of fused-ring (bicyclic) bond motifs is 1. The molecule has 2 heterocycles. The number of benzene rings is 1. The first-order chi connectivity index (χ1) is 9.26. The Balaban J connectivity index is 1.96. The average Bonchev–Trinajstić information content (AvgIpc) is 2.83. The normalized spacial score (nSPS) is 10.8. The minimum atomic E-state index is 0.544. The molecule has 0 saturated carbocycles. The topological polar surface area (TPSA) is 53.6 Å². The summed E-state index contributed by atoms with van der Waals surface area (Å²) in [6.07, 6.45) is 1.60. The van der Waals surface area contributed by atoms with E-state index < -0.39 is 0 Å². The van der Waals surface area contributed by atoms with Crippen LogP contribution in [0.15, 0.2) is 46.6 Å². The maximum Gasteiger partial charge on any atom is 0.223 e. The van der Waals surface area contributed by atoms with E-state index in [-0.39, 0.29) is 0 Å². The van der Waals surface area contributed by atoms with Gasteiger partial charge in [-0.25, -0.2) is 9.97 Å². The monoisotopic (exact) mass is 290 g/mol. The Kier molecular flexibility index (Phi) is 3.31. The van der Waals surface area contributed by atoms with Crippen molar-refractivity contribution < 1.29 is 0 Å². The highest BCUT2D eigenvalue weighted by Gasteiger charge is 2.09. The van der Waals surface area contributed by atoms with Crippen molar-refractivity contribution in [3.63, 3.8) is 0 Å². The number of nitrogens with one attached hydrogen (secondary N) is 2. The molecule has 2 N–H and O–H groups in total. The highest BCUT2D eigenvalue weighted by molar-refractivity contribution is 7.99. The Morgan fingerprint density at radius 1 is 1.32 bits per heavy atom. The molecule has 0 radical (unpaired) electrons. The number of H-pyrrole nitrogens is 1. The third-order valence-corrected chi connectivity index (χ3v) is 3.98. The first-order valence-corrected chi connectivity index (χ1v) is 6.91. The lowest BCUT2D eigenvalue weighted by atomic mass is 10.3. The van der Waals surface area contributed by atoms with Crippen molar-refractivity contribution >= 4 is 40.2 Å². The fourth-order valence-corrected chi connectivity index (χ4v) is 2.79. The molecular weight excluding hydrogens is 280 g/mol. The van der Waals surface area contributed by atoms with Crippen molar-refractivity contribution in [2.45, 2.75) is 10.1 Å². The van der Waals surface area contributed by atoms with Gasteiger partial charge in [-0.3, -0.25) is 0 Å². The van der Waals surface area contributed by atoms with Crippen LogP contribution in [0.5, 0.6) is 0 Å². The molecule has 3 rings (SSSR count). The van der Waals surface area contributed by atoms with Crippen LogP contribution in [0.4, 0.5) is 5.95 Å². The third kappa shape index (κ3) is 2.52. The maximum atomic E-state index is 6.11. The molecule has 1 aromatic carbocycles. The summed E-state index contributed by atoms with van der Waals surface area (Å²) in [4.78, 5) is 11.7. The van der Waals surface area contributed by atoms with Gasteiger partial charge in [-0.15, -0.1) is 0 Å². The molecule has 0 fully saturated rings. The second-order valence-electron chi connectivity index (χ2n) is 3.92. The summed E-state index contributed by atoms with van der Waals surface area (Å²) in [5, 5.41) is 6.35. The first kappa shape index (κ1) is 12.3. The van der Waals surface area contributed by atoms with Gasteiger partial charge in [0.25, 0.3) is 0 Å². The molecule has 0 atom stereocenters. The van der Waals surface area contributed by atoms with Gasteiger partial charge in [-0.05, 0) is 12.1 Å². The summed E-state index contributed by atoms with van der Waals surface area (Å²) in [6, 6.07) is 10.2. The summed E-state index contributed by atoms with van der Waals surface area (Å²) < 4.78 is 0. The number of halogens is 1. The molecule has 4 nitrogen and oxygen atoms in total. The van der Waals surface area contributed by atoms with E-state index in [0.717, 1.165) is 15.6 Å². The van der Waals surface area contributed by atoms with Crippen LogP contribution >= 0.6 is 23.4 Å². The number of aromatic amines is 1. The van der Waals surface area contributed by atoms with Gasteiger partial charge in [0.15, 0.2) is 0 Å². The van der Waals surface area contributed by atoms with Crippen molar-refractivity contribution in [1.82, 2.24) is 15.0 Å². The highest BCUT2D eigenvalue weighted by atomic mass is 35.5. The summed E-state index contributed by atoms with van der Waals surface area (Å²) >= 11 is 7.61. The SMILES string of the molecule is CNc1ncc(Cl)c(Sc2cc3ccccc3[nH]2)n1. The predicted octanol–water partition coefficient (Wildman–Crippen LogP) is 3.80. The fraction of sp³-hybridized carbons (Fsp3) is 0.0769. The van der Waals surface area contributed by atoms with Gasteiger partial charge in [0, 0.05) is 18.0 Å². The predicted molar refractivity (Wildman–Crippen MR) is 79.0 cm³/mol. The molecule has 0 amide bonds. The average molecular weight is 291 g/mol. The molecule has 0 spiro atoms. The second kappa shape index (κ2) is 5.11. The summed E-state index contributed by atoms with van der Waals surface area (Å²) in [6.45, 7) is 0. The van der Waals surface area contributed by atoms with Gasteiger partial charge in [0.1, 0.15) is 5.03 Å². The molecule has 0 aliphatic carbocycles. The Labute approximate surface area is 119 Å². The quantitative estimate of drug-likeness (QED) is 0.720. The third-order valence-electron chi connectivity index (χ3n) is 2.65. The van der Waals surface area contributed by atoms with Crippen molar-refractivity contribution in [3.05, 3.63) is 41.6 Å². The summed E-state index contributed by atoms with van der Waals surface area (Å²) in [5.41, 5.74) is 1.10. The van der Waals surface area contributed by atoms with E-state index in [2.05, 4.69) is 32.4 Å². The van der Waals surface area contributed by atoms with Crippen LogP contribution in [0.25, 0.3) is 10.9 Å². The second-order valence-corrected chi connectivity index (χ2v) is 5.36. The standard InChI is InChI=1S/C13H11ClN4S/c1-15-13-16-7-9(14)12(18-13)19-11-6-8-4-2-3-5-10(8)17-11/h2-7,17H,1H3,(H,15,16,18). The summed E-state index contributed by atoms with van der Waals surface area (Å²) in [5.74, 6) is 0.558. The maximum absolute atomic E-state index is 6.11. The number of rotatable bonds is 3. The summed E-state index contributed by atoms with van der Waals surface area (Å²) in [7, 11) is 1.78. The number of anilines is 1. The van der Waals surface area contributed by atoms with E-state index in [9.17, 15) is 0 Å². The zero-order valence-electron chi connectivity index (χ0n) is 10.1. The van der Waals surface area contributed by atoms with Crippen LogP contribution in [0.2, 0.25) is 5.02 Å². The molecule has 0 aliphatic rings. The Morgan fingerprint density at radius 3 is 2.95 bits per heavy atom. The lowest BCUT2D eigenvalue weighted by Crippen LogP contribution is -1.96. The zero-order valence-corrected chi connectivity index (χ0v) is 11.7. The molecule has 0 unspecified atom stereocenters. The number of hydrogen-bond donors (Lipinski definition) is 2. The van der Waals surface area contributed by atoms with Crippen molar-refractivity contribution in [2.75, 3.05) is 12.4 Å². The van der Waals surface area contributed by atoms with Gasteiger partial charge in [0.05, 0.1) is 16.2 Å². The minimum Gasteiger partial charge on any atom is -0.357 e. The van der Waals surface area contributed by atoms with Crippen LogP contribution in [-0.2, 0) is 0 Å². The van der Waals surface area contributed by atoms with Crippen molar-refractivity contribution in [3.8, 4) is 0 Å². The number of hydrogen-bond acceptors (Lipinski definition) is 4. The molecule has 0 aliphatic heterocycles. The van der Waals surface area contributed by atoms with Crippen LogP contribution in [0, 0.1) is 0 Å². The van der Waals surface area contributed by atoms with Gasteiger partial charge in [-0.2, -0.15) is 0 Å². The fourth-order valence-electron chi connectivity index (χ4n) is 1.75. The molecule has 6 heteroatoms. The van der Waals surface area contributed by atoms with E-state index in [0.29, 0.717) is 11.0 Å². The van der Waals surface area contributed by atoms with Gasteiger partial charge < -0.3 is 10.3 Å². The molecule has 96 valence electrons. The highest BCUT2D eigenvalue weighted by Crippen LogP contribution is 2.33. The number of para-hydroxylation sites is 1. The first-order valence-electron chi connectivity index (χ1n) is 5.72. The number of nitrogens with zero attached hydrogens (tertiary/aromatic N) is 2. The van der Waals surface area contributed by atoms with Crippen LogP contribution in [0.1, 0.15) is 0 Å². The molecule has 2 aromatic heterocycles. The van der Waals surface area contributed by atoms with Gasteiger partial charge in [-0.1, -0.05) is 41.6 Å². The molecule has 0 bridgehead atoms. The molecule has 3 aromatic rings. The van der Waals surface area contributed by atoms with Crippen LogP contribution < -0.4 is 5.32 Å². The van der Waals surface area contributed by atoms with E-state index in [4.69, 9.17) is 11.6 Å². The molecule has 0 saturated heterocycles. The lowest BCUT2D eigenvalue weighted by Gasteiger charge is -2.03. The molecule has 19 heavy (non-hydrogen) atoms. The van der Waals surface area contributed by atoms with Crippen molar-refractivity contribution in [1.29, 1.82) is 0 Å². The Bertz CT molecular complexity index is 692. The lowest BCUT2D eigenvalue weighted by molar-refractivity contribution is 1.04. The minimum absolute atomic E-state index is 0.544. The van der Waals surface area contributed by atoms with E-state index >= 15 is 0 Å². The van der Waals surface area contributed by atoms with Crippen molar-refractivity contribution in [2.24, 2.45) is 0 Å². The van der Waals surface area contributed by atoms with E-state index in [1.54, 1.807) is 13.2 Å². The largest absolute Gasteiger partial charge is 0.357 e. The Morgan fingerprint density at radius 2 is 2.16 bits per heavy atom. The number of aromatic nitrogens is 3. The van der Waals surface area contributed by atoms with Crippen LogP contribution in [-0.4, -0.2) is 22.0 Å². The van der Waals surface area contributed by atoms with Gasteiger partial charge in [0.2, 0.25) is 5.95 Å². The van der Waals surface area contributed by atoms with Gasteiger partial charge >= 0.3 is 0 Å². The van der Waals surface area contributed by atoms with E-state index in [1.165, 1.54) is 17.1 Å².